The number of hydrogen-bond donors (Lipinski definition) is 0. The highest BCUT2D eigenvalue weighted by Crippen LogP contribution is 2.11. The summed E-state index contributed by atoms with van der Waals surface area (Å²) < 4.78 is 0. The molecule has 0 atom stereocenters. The van der Waals surface area contributed by atoms with E-state index in [1.54, 1.807) is 6.92 Å². The fourth-order valence-electron chi connectivity index (χ4n) is 1.95. The van der Waals surface area contributed by atoms with E-state index in [0.29, 0.717) is 12.8 Å². The molecule has 0 bridgehead atoms. The number of piperidine rings is 1. The first-order valence-corrected chi connectivity index (χ1v) is 5.97. The lowest BCUT2D eigenvalue weighted by atomic mass is 10.1. The van der Waals surface area contributed by atoms with Gasteiger partial charge in [-0.25, -0.2) is 0 Å². The van der Waals surface area contributed by atoms with E-state index in [2.05, 4.69) is 0 Å². The molecule has 3 nitrogen and oxygen atoms in total. The molecule has 0 aromatic rings. The van der Waals surface area contributed by atoms with Gasteiger partial charge in [-0.05, 0) is 39.0 Å². The van der Waals surface area contributed by atoms with Gasteiger partial charge in [0.1, 0.15) is 5.78 Å². The van der Waals surface area contributed by atoms with Crippen molar-refractivity contribution in [3.8, 4) is 0 Å². The maximum absolute atomic E-state index is 11.7. The normalized spacial score (nSPS) is 16.5. The summed E-state index contributed by atoms with van der Waals surface area (Å²) in [6.07, 6.45) is 6.51. The third kappa shape index (κ3) is 4.96. The predicted octanol–water partition coefficient (Wildman–Crippen LogP) is 2.15. The van der Waals surface area contributed by atoms with Gasteiger partial charge in [-0.2, -0.15) is 0 Å². The summed E-state index contributed by atoms with van der Waals surface area (Å²) in [7, 11) is 0. The van der Waals surface area contributed by atoms with Crippen molar-refractivity contribution < 1.29 is 9.59 Å². The standard InChI is InChI=1S/C12H21NO2/c1-11(14)7-3-4-8-12(15)13-9-5-2-6-10-13/h2-10H2,1H3. The van der Waals surface area contributed by atoms with Crippen molar-refractivity contribution in [2.24, 2.45) is 0 Å². The van der Waals surface area contributed by atoms with Crippen molar-refractivity contribution in [3.05, 3.63) is 0 Å². The molecule has 0 aromatic carbocycles. The molecule has 0 radical (unpaired) electrons. The molecule has 0 saturated carbocycles. The second-order valence-electron chi connectivity index (χ2n) is 4.35. The number of hydrogen-bond acceptors (Lipinski definition) is 2. The van der Waals surface area contributed by atoms with Crippen LogP contribution in [-0.2, 0) is 9.59 Å². The predicted molar refractivity (Wildman–Crippen MR) is 59.6 cm³/mol. The van der Waals surface area contributed by atoms with Gasteiger partial charge in [0, 0.05) is 25.9 Å². The fraction of sp³-hybridized carbons (Fsp3) is 0.833. The van der Waals surface area contributed by atoms with Crippen LogP contribution in [0.2, 0.25) is 0 Å². The first kappa shape index (κ1) is 12.2. The van der Waals surface area contributed by atoms with E-state index in [9.17, 15) is 9.59 Å². The Bertz CT molecular complexity index is 220. The lowest BCUT2D eigenvalue weighted by molar-refractivity contribution is -0.132. The lowest BCUT2D eigenvalue weighted by Crippen LogP contribution is -2.35. The lowest BCUT2D eigenvalue weighted by Gasteiger charge is -2.26. The minimum Gasteiger partial charge on any atom is -0.343 e. The molecule has 1 heterocycles. The Balaban J connectivity index is 2.09. The van der Waals surface area contributed by atoms with Crippen LogP contribution in [-0.4, -0.2) is 29.7 Å². The summed E-state index contributed by atoms with van der Waals surface area (Å²) >= 11 is 0. The average molecular weight is 211 g/mol. The van der Waals surface area contributed by atoms with Gasteiger partial charge in [0.2, 0.25) is 5.91 Å². The quantitative estimate of drug-likeness (QED) is 0.653. The van der Waals surface area contributed by atoms with Crippen LogP contribution < -0.4 is 0 Å². The van der Waals surface area contributed by atoms with Gasteiger partial charge in [-0.15, -0.1) is 0 Å². The Morgan fingerprint density at radius 3 is 2.20 bits per heavy atom. The van der Waals surface area contributed by atoms with Gasteiger partial charge in [-0.1, -0.05) is 0 Å². The van der Waals surface area contributed by atoms with E-state index in [0.717, 1.165) is 38.8 Å². The van der Waals surface area contributed by atoms with Crippen LogP contribution in [0.25, 0.3) is 0 Å². The third-order valence-corrected chi connectivity index (χ3v) is 2.88. The van der Waals surface area contributed by atoms with Crippen molar-refractivity contribution in [2.45, 2.75) is 51.9 Å². The smallest absolute Gasteiger partial charge is 0.222 e. The highest BCUT2D eigenvalue weighted by Gasteiger charge is 2.15. The van der Waals surface area contributed by atoms with Crippen molar-refractivity contribution >= 4 is 11.7 Å². The molecule has 1 fully saturated rings. The minimum atomic E-state index is 0.223. The summed E-state index contributed by atoms with van der Waals surface area (Å²) in [6, 6.07) is 0. The number of ketones is 1. The molecule has 0 unspecified atom stereocenters. The van der Waals surface area contributed by atoms with Crippen LogP contribution in [0.5, 0.6) is 0 Å². The number of unbranched alkanes of at least 4 members (excludes halogenated alkanes) is 1. The second-order valence-corrected chi connectivity index (χ2v) is 4.35. The summed E-state index contributed by atoms with van der Waals surface area (Å²) in [5.41, 5.74) is 0. The minimum absolute atomic E-state index is 0.223. The van der Waals surface area contributed by atoms with Gasteiger partial charge in [0.25, 0.3) is 0 Å². The zero-order valence-electron chi connectivity index (χ0n) is 9.63. The molecule has 0 aromatic heterocycles. The molecule has 1 amide bonds. The van der Waals surface area contributed by atoms with Crippen LogP contribution in [0.3, 0.4) is 0 Å². The van der Waals surface area contributed by atoms with Crippen LogP contribution in [0.15, 0.2) is 0 Å². The van der Waals surface area contributed by atoms with E-state index in [1.807, 2.05) is 4.90 Å². The maximum atomic E-state index is 11.7. The number of amides is 1. The van der Waals surface area contributed by atoms with Gasteiger partial charge in [0.15, 0.2) is 0 Å². The van der Waals surface area contributed by atoms with E-state index in [1.165, 1.54) is 6.42 Å². The van der Waals surface area contributed by atoms with Gasteiger partial charge < -0.3 is 9.69 Å². The number of carbonyl (C=O) groups is 2. The zero-order chi connectivity index (χ0) is 11.1. The Hall–Kier alpha value is -0.860. The van der Waals surface area contributed by atoms with Gasteiger partial charge in [-0.3, -0.25) is 4.79 Å². The molecular weight excluding hydrogens is 190 g/mol. The van der Waals surface area contributed by atoms with Crippen molar-refractivity contribution in [1.29, 1.82) is 0 Å². The van der Waals surface area contributed by atoms with Crippen LogP contribution >= 0.6 is 0 Å². The molecule has 0 aliphatic carbocycles. The first-order chi connectivity index (χ1) is 7.20. The molecular formula is C12H21NO2. The Morgan fingerprint density at radius 1 is 1.00 bits per heavy atom. The Labute approximate surface area is 91.8 Å². The molecule has 15 heavy (non-hydrogen) atoms. The number of likely N-dealkylation sites (tertiary alicyclic amines) is 1. The molecule has 3 heteroatoms. The third-order valence-electron chi connectivity index (χ3n) is 2.88. The Kier molecular flexibility index (Phi) is 5.37. The molecule has 86 valence electrons. The Morgan fingerprint density at radius 2 is 1.60 bits per heavy atom. The van der Waals surface area contributed by atoms with E-state index in [-0.39, 0.29) is 11.7 Å². The topological polar surface area (TPSA) is 37.4 Å². The van der Waals surface area contributed by atoms with Crippen LogP contribution in [0.4, 0.5) is 0 Å². The first-order valence-electron chi connectivity index (χ1n) is 5.97. The highest BCUT2D eigenvalue weighted by molar-refractivity contribution is 5.77. The maximum Gasteiger partial charge on any atom is 0.222 e. The summed E-state index contributed by atoms with van der Waals surface area (Å²) in [5.74, 6) is 0.499. The van der Waals surface area contributed by atoms with Gasteiger partial charge >= 0.3 is 0 Å². The molecule has 1 rings (SSSR count). The molecule has 1 aliphatic heterocycles. The van der Waals surface area contributed by atoms with Crippen LogP contribution in [0.1, 0.15) is 51.9 Å². The SMILES string of the molecule is CC(=O)CCCCC(=O)N1CCCCC1. The monoisotopic (exact) mass is 211 g/mol. The number of rotatable bonds is 5. The largest absolute Gasteiger partial charge is 0.343 e. The van der Waals surface area contributed by atoms with Crippen LogP contribution in [0, 0.1) is 0 Å². The molecule has 0 N–H and O–H groups in total. The fourth-order valence-corrected chi connectivity index (χ4v) is 1.95. The number of Topliss-reactive ketones (excluding diaryl/α,β-unsaturated/α-hetero) is 1. The molecule has 1 saturated heterocycles. The molecule has 0 spiro atoms. The van der Waals surface area contributed by atoms with Crippen molar-refractivity contribution in [3.63, 3.8) is 0 Å². The van der Waals surface area contributed by atoms with Crippen molar-refractivity contribution in [2.75, 3.05) is 13.1 Å². The zero-order valence-corrected chi connectivity index (χ0v) is 9.63. The van der Waals surface area contributed by atoms with Crippen molar-refractivity contribution in [1.82, 2.24) is 4.90 Å². The number of carbonyl (C=O) groups excluding carboxylic acids is 2. The number of nitrogens with zero attached hydrogens (tertiary/aromatic N) is 1. The highest BCUT2D eigenvalue weighted by atomic mass is 16.2. The molecule has 1 aliphatic rings. The van der Waals surface area contributed by atoms with E-state index < -0.39 is 0 Å². The summed E-state index contributed by atoms with van der Waals surface area (Å²) in [5, 5.41) is 0. The second kappa shape index (κ2) is 6.59. The average Bonchev–Trinajstić information content (AvgIpc) is 2.25. The van der Waals surface area contributed by atoms with E-state index >= 15 is 0 Å². The van der Waals surface area contributed by atoms with Gasteiger partial charge in [0.05, 0.1) is 0 Å². The summed E-state index contributed by atoms with van der Waals surface area (Å²) in [4.78, 5) is 24.3. The van der Waals surface area contributed by atoms with E-state index in [4.69, 9.17) is 0 Å². The summed E-state index contributed by atoms with van der Waals surface area (Å²) in [6.45, 7) is 3.48.